The molecule has 1 aromatic carbocycles. The molecule has 1 fully saturated rings. The fourth-order valence-corrected chi connectivity index (χ4v) is 2.23. The van der Waals surface area contributed by atoms with Crippen LogP contribution in [0.5, 0.6) is 5.75 Å². The molecule has 0 aliphatic carbocycles. The molecule has 1 aromatic rings. The summed E-state index contributed by atoms with van der Waals surface area (Å²) in [6.07, 6.45) is -5.08. The number of ether oxygens (including phenoxy) is 2. The Morgan fingerprint density at radius 2 is 2.13 bits per heavy atom. The second kappa shape index (κ2) is 6.41. The lowest BCUT2D eigenvalue weighted by Gasteiger charge is -2.14. The Bertz CT molecular complexity index is 620. The number of halogens is 3. The third kappa shape index (κ3) is 3.89. The van der Waals surface area contributed by atoms with Gasteiger partial charge in [0, 0.05) is 19.0 Å². The lowest BCUT2D eigenvalue weighted by Crippen LogP contribution is -2.31. The molecule has 10 heteroatoms. The standard InChI is InChI=1S/C13H13F3N2O5/c1-22-12(19)9-5-8(6-17-9)23-11-3-2-7(13(14,15)16)4-10(11)18(20)21/h2-4,8-9,17H,5-6H2,1H3/t8-,9+/m1/s1. The molecule has 1 aliphatic rings. The SMILES string of the molecule is COC(=O)[C@@H]1C[C@@H](Oc2ccc(C(F)(F)F)cc2[N+](=O)[O-])CN1. The normalized spacial score (nSPS) is 21.0. The van der Waals surface area contributed by atoms with Crippen LogP contribution in [-0.2, 0) is 15.7 Å². The second-order valence-corrected chi connectivity index (χ2v) is 4.90. The summed E-state index contributed by atoms with van der Waals surface area (Å²) >= 11 is 0. The minimum atomic E-state index is -4.69. The molecule has 126 valence electrons. The largest absolute Gasteiger partial charge is 0.482 e. The predicted octanol–water partition coefficient (Wildman–Crippen LogP) is 1.90. The zero-order valence-corrected chi connectivity index (χ0v) is 11.9. The first-order valence-electron chi connectivity index (χ1n) is 6.56. The van der Waals surface area contributed by atoms with E-state index < -0.39 is 40.5 Å². The highest BCUT2D eigenvalue weighted by atomic mass is 19.4. The van der Waals surface area contributed by atoms with Gasteiger partial charge in [0.15, 0.2) is 5.75 Å². The number of benzene rings is 1. The molecule has 0 spiro atoms. The van der Waals surface area contributed by atoms with E-state index in [4.69, 9.17) is 4.74 Å². The number of esters is 1. The molecule has 1 N–H and O–H groups in total. The molecule has 1 aliphatic heterocycles. The molecule has 2 rings (SSSR count). The number of carbonyl (C=O) groups is 1. The topological polar surface area (TPSA) is 90.7 Å². The van der Waals surface area contributed by atoms with Gasteiger partial charge < -0.3 is 14.8 Å². The number of rotatable bonds is 4. The fraction of sp³-hybridized carbons (Fsp3) is 0.462. The Hall–Kier alpha value is -2.36. The summed E-state index contributed by atoms with van der Waals surface area (Å²) in [5.74, 6) is -0.779. The number of nitro groups is 1. The summed E-state index contributed by atoms with van der Waals surface area (Å²) in [4.78, 5) is 21.4. The van der Waals surface area contributed by atoms with Crippen LogP contribution in [0.1, 0.15) is 12.0 Å². The molecule has 1 saturated heterocycles. The number of alkyl halides is 3. The maximum absolute atomic E-state index is 12.6. The maximum atomic E-state index is 12.6. The fourth-order valence-electron chi connectivity index (χ4n) is 2.23. The highest BCUT2D eigenvalue weighted by Crippen LogP contribution is 2.36. The number of carbonyl (C=O) groups excluding carboxylic acids is 1. The summed E-state index contributed by atoms with van der Waals surface area (Å²) < 4.78 is 47.8. The Balaban J connectivity index is 2.17. The van der Waals surface area contributed by atoms with E-state index in [1.807, 2.05) is 0 Å². The molecular weight excluding hydrogens is 321 g/mol. The Labute approximate surface area is 128 Å². The van der Waals surface area contributed by atoms with Crippen molar-refractivity contribution in [3.05, 3.63) is 33.9 Å². The zero-order chi connectivity index (χ0) is 17.2. The van der Waals surface area contributed by atoms with Gasteiger partial charge in [0.05, 0.1) is 17.6 Å². The number of nitro benzene ring substituents is 1. The highest BCUT2D eigenvalue weighted by molar-refractivity contribution is 5.76. The van der Waals surface area contributed by atoms with E-state index >= 15 is 0 Å². The molecule has 0 unspecified atom stereocenters. The third-order valence-electron chi connectivity index (χ3n) is 3.35. The van der Waals surface area contributed by atoms with E-state index in [0.29, 0.717) is 12.1 Å². The van der Waals surface area contributed by atoms with E-state index in [9.17, 15) is 28.1 Å². The van der Waals surface area contributed by atoms with Gasteiger partial charge in [-0.1, -0.05) is 0 Å². The first kappa shape index (κ1) is 17.0. The summed E-state index contributed by atoms with van der Waals surface area (Å²) in [7, 11) is 1.22. The van der Waals surface area contributed by atoms with Crippen LogP contribution in [0.4, 0.5) is 18.9 Å². The Morgan fingerprint density at radius 1 is 1.43 bits per heavy atom. The number of nitrogens with zero attached hydrogens (tertiary/aromatic N) is 1. The van der Waals surface area contributed by atoms with Crippen molar-refractivity contribution < 1.29 is 32.4 Å². The van der Waals surface area contributed by atoms with Crippen molar-refractivity contribution in [3.63, 3.8) is 0 Å². The van der Waals surface area contributed by atoms with E-state index in [1.165, 1.54) is 7.11 Å². The first-order valence-corrected chi connectivity index (χ1v) is 6.56. The van der Waals surface area contributed by atoms with Gasteiger partial charge in [-0.25, -0.2) is 0 Å². The van der Waals surface area contributed by atoms with Gasteiger partial charge >= 0.3 is 17.8 Å². The monoisotopic (exact) mass is 334 g/mol. The second-order valence-electron chi connectivity index (χ2n) is 4.90. The van der Waals surface area contributed by atoms with Crippen LogP contribution in [0.25, 0.3) is 0 Å². The van der Waals surface area contributed by atoms with Crippen molar-refractivity contribution in [2.75, 3.05) is 13.7 Å². The average molecular weight is 334 g/mol. The summed E-state index contributed by atoms with van der Waals surface area (Å²) in [6.45, 7) is 0.220. The van der Waals surface area contributed by atoms with Crippen LogP contribution < -0.4 is 10.1 Å². The van der Waals surface area contributed by atoms with Crippen molar-refractivity contribution >= 4 is 11.7 Å². The van der Waals surface area contributed by atoms with Gasteiger partial charge in [-0.3, -0.25) is 14.9 Å². The third-order valence-corrected chi connectivity index (χ3v) is 3.35. The van der Waals surface area contributed by atoms with Crippen LogP contribution in [0, 0.1) is 10.1 Å². The molecule has 2 atom stereocenters. The molecule has 23 heavy (non-hydrogen) atoms. The minimum Gasteiger partial charge on any atom is -0.482 e. The summed E-state index contributed by atoms with van der Waals surface area (Å²) in [5.41, 5.74) is -1.91. The predicted molar refractivity (Wildman–Crippen MR) is 70.9 cm³/mol. The van der Waals surface area contributed by atoms with E-state index in [-0.39, 0.29) is 18.7 Å². The number of methoxy groups -OCH3 is 1. The summed E-state index contributed by atoms with van der Waals surface area (Å²) in [5, 5.41) is 13.8. The van der Waals surface area contributed by atoms with Crippen LogP contribution in [0.2, 0.25) is 0 Å². The van der Waals surface area contributed by atoms with Gasteiger partial charge in [-0.15, -0.1) is 0 Å². The van der Waals surface area contributed by atoms with E-state index in [0.717, 1.165) is 6.07 Å². The smallest absolute Gasteiger partial charge is 0.416 e. The number of hydrogen-bond donors (Lipinski definition) is 1. The van der Waals surface area contributed by atoms with Gasteiger partial charge in [-0.05, 0) is 12.1 Å². The Kier molecular flexibility index (Phi) is 4.73. The lowest BCUT2D eigenvalue weighted by molar-refractivity contribution is -0.386. The van der Waals surface area contributed by atoms with Crippen molar-refractivity contribution in [1.82, 2.24) is 5.32 Å². The molecule has 7 nitrogen and oxygen atoms in total. The van der Waals surface area contributed by atoms with E-state index in [2.05, 4.69) is 10.1 Å². The lowest BCUT2D eigenvalue weighted by atomic mass is 10.1. The minimum absolute atomic E-state index is 0.199. The van der Waals surface area contributed by atoms with Crippen LogP contribution in [0.3, 0.4) is 0 Å². The molecule has 1 heterocycles. The average Bonchev–Trinajstić information content (AvgIpc) is 2.94. The number of hydrogen-bond acceptors (Lipinski definition) is 6. The molecule has 0 aromatic heterocycles. The van der Waals surface area contributed by atoms with Crippen molar-refractivity contribution in [2.45, 2.75) is 24.7 Å². The van der Waals surface area contributed by atoms with Crippen LogP contribution in [-0.4, -0.2) is 36.7 Å². The number of nitrogens with one attached hydrogen (secondary N) is 1. The van der Waals surface area contributed by atoms with Crippen LogP contribution >= 0.6 is 0 Å². The maximum Gasteiger partial charge on any atom is 0.416 e. The Morgan fingerprint density at radius 3 is 2.70 bits per heavy atom. The highest BCUT2D eigenvalue weighted by Gasteiger charge is 2.35. The van der Waals surface area contributed by atoms with Crippen molar-refractivity contribution in [2.24, 2.45) is 0 Å². The molecule has 0 radical (unpaired) electrons. The van der Waals surface area contributed by atoms with Crippen molar-refractivity contribution in [3.8, 4) is 5.75 Å². The molecule has 0 amide bonds. The quantitative estimate of drug-likeness (QED) is 0.514. The summed E-state index contributed by atoms with van der Waals surface area (Å²) in [6, 6.07) is 1.43. The van der Waals surface area contributed by atoms with Crippen molar-refractivity contribution in [1.29, 1.82) is 0 Å². The van der Waals surface area contributed by atoms with Crippen LogP contribution in [0.15, 0.2) is 18.2 Å². The molecule has 0 bridgehead atoms. The van der Waals surface area contributed by atoms with Gasteiger partial charge in [0.2, 0.25) is 0 Å². The van der Waals surface area contributed by atoms with Gasteiger partial charge in [0.25, 0.3) is 0 Å². The molecular formula is C13H13F3N2O5. The first-order chi connectivity index (χ1) is 10.7. The van der Waals surface area contributed by atoms with E-state index in [1.54, 1.807) is 0 Å². The molecule has 0 saturated carbocycles. The van der Waals surface area contributed by atoms with Gasteiger partial charge in [-0.2, -0.15) is 13.2 Å². The van der Waals surface area contributed by atoms with Gasteiger partial charge in [0.1, 0.15) is 12.1 Å². The zero-order valence-electron chi connectivity index (χ0n) is 11.9.